The van der Waals surface area contributed by atoms with Crippen molar-refractivity contribution in [2.24, 2.45) is 0 Å². The monoisotopic (exact) mass is 342 g/mol. The second-order valence-corrected chi connectivity index (χ2v) is 7.82. The summed E-state index contributed by atoms with van der Waals surface area (Å²) in [5.74, 6) is 1.47. The molecule has 1 N–H and O–H groups in total. The number of ether oxygens (including phenoxy) is 1. The van der Waals surface area contributed by atoms with Gasteiger partial charge in [-0.15, -0.1) is 0 Å². The second kappa shape index (κ2) is 6.26. The highest BCUT2D eigenvalue weighted by molar-refractivity contribution is 5.56. The maximum atomic E-state index is 11.8. The maximum absolute atomic E-state index is 11.8. The summed E-state index contributed by atoms with van der Waals surface area (Å²) in [6.45, 7) is 11.9. The molecule has 0 aromatic carbocycles. The normalized spacial score (nSPS) is 19.0. The van der Waals surface area contributed by atoms with Crippen molar-refractivity contribution in [3.05, 3.63) is 40.4 Å². The first-order chi connectivity index (χ1) is 11.7. The number of anilines is 1. The summed E-state index contributed by atoms with van der Waals surface area (Å²) in [7, 11) is 0. The number of hydrogen-bond acceptors (Lipinski definition) is 5. The van der Waals surface area contributed by atoms with Crippen LogP contribution in [-0.4, -0.2) is 39.2 Å². The summed E-state index contributed by atoms with van der Waals surface area (Å²) in [5.41, 5.74) is 0.986. The number of morpholine rings is 1. The van der Waals surface area contributed by atoms with Gasteiger partial charge in [0.15, 0.2) is 0 Å². The zero-order valence-electron chi connectivity index (χ0n) is 15.6. The quantitative estimate of drug-likeness (QED) is 0.929. The minimum Gasteiger partial charge on any atom is -0.366 e. The van der Waals surface area contributed by atoms with Gasteiger partial charge in [0, 0.05) is 36.6 Å². The van der Waals surface area contributed by atoms with Gasteiger partial charge >= 0.3 is 0 Å². The molecule has 6 heteroatoms. The lowest BCUT2D eigenvalue weighted by molar-refractivity contribution is -0.133. The van der Waals surface area contributed by atoms with Gasteiger partial charge in [0.1, 0.15) is 11.6 Å². The van der Waals surface area contributed by atoms with E-state index in [1.807, 2.05) is 19.1 Å². The minimum absolute atomic E-state index is 0.136. The molecule has 2 aromatic rings. The van der Waals surface area contributed by atoms with Gasteiger partial charge in [0.25, 0.3) is 5.56 Å². The van der Waals surface area contributed by atoms with Crippen molar-refractivity contribution >= 4 is 5.82 Å². The van der Waals surface area contributed by atoms with Crippen LogP contribution in [0.4, 0.5) is 5.82 Å². The van der Waals surface area contributed by atoms with Crippen molar-refractivity contribution in [1.29, 1.82) is 0 Å². The average molecular weight is 342 g/mol. The Morgan fingerprint density at radius 1 is 1.20 bits per heavy atom. The third kappa shape index (κ3) is 4.07. The van der Waals surface area contributed by atoms with Gasteiger partial charge in [0.05, 0.1) is 11.2 Å². The first kappa shape index (κ1) is 17.6. The zero-order chi connectivity index (χ0) is 18.2. The smallest absolute Gasteiger partial charge is 0.251 e. The van der Waals surface area contributed by atoms with Crippen LogP contribution in [0.2, 0.25) is 0 Å². The predicted octanol–water partition coefficient (Wildman–Crippen LogP) is 2.79. The van der Waals surface area contributed by atoms with Crippen LogP contribution in [0.1, 0.15) is 40.3 Å². The summed E-state index contributed by atoms with van der Waals surface area (Å²) in [6, 6.07) is 5.46. The Bertz CT molecular complexity index is 793. The lowest BCUT2D eigenvalue weighted by atomic mass is 9.99. The van der Waals surface area contributed by atoms with Gasteiger partial charge in [-0.2, -0.15) is 0 Å². The lowest BCUT2D eigenvalue weighted by Gasteiger charge is -2.47. The van der Waals surface area contributed by atoms with E-state index in [2.05, 4.69) is 47.5 Å². The number of rotatable bonds is 3. The van der Waals surface area contributed by atoms with E-state index < -0.39 is 0 Å². The molecule has 0 amide bonds. The molecule has 0 bridgehead atoms. The van der Waals surface area contributed by atoms with Crippen LogP contribution >= 0.6 is 0 Å². The molecule has 6 nitrogen and oxygen atoms in total. The fourth-order valence-corrected chi connectivity index (χ4v) is 3.49. The third-order valence-corrected chi connectivity index (χ3v) is 4.20. The third-order valence-electron chi connectivity index (χ3n) is 4.20. The highest BCUT2D eigenvalue weighted by atomic mass is 16.5. The van der Waals surface area contributed by atoms with Crippen molar-refractivity contribution in [1.82, 2.24) is 15.0 Å². The fraction of sp³-hybridized carbons (Fsp3) is 0.526. The fourth-order valence-electron chi connectivity index (χ4n) is 3.49. The number of nitrogens with zero attached hydrogens (tertiary/aromatic N) is 3. The molecule has 0 saturated carbocycles. The standard InChI is InChI=1S/C19H26N4O2/c1-6-14-9-16(24)22-17(21-14)13-7-8-15(20-10-13)23-11-18(2,3)25-19(4,5)12-23/h7-10H,6,11-12H2,1-5H3,(H,21,22,24). The van der Waals surface area contributed by atoms with E-state index in [1.54, 1.807) is 6.20 Å². The molecule has 0 radical (unpaired) electrons. The van der Waals surface area contributed by atoms with Crippen LogP contribution in [0.3, 0.4) is 0 Å². The molecular formula is C19H26N4O2. The predicted molar refractivity (Wildman–Crippen MR) is 98.9 cm³/mol. The number of aromatic amines is 1. The van der Waals surface area contributed by atoms with Crippen LogP contribution in [0.5, 0.6) is 0 Å². The summed E-state index contributed by atoms with van der Waals surface area (Å²) < 4.78 is 6.13. The number of aryl methyl sites for hydroxylation is 1. The van der Waals surface area contributed by atoms with Gasteiger partial charge in [-0.1, -0.05) is 6.92 Å². The zero-order valence-corrected chi connectivity index (χ0v) is 15.6. The molecule has 3 rings (SSSR count). The molecule has 1 aliphatic heterocycles. The van der Waals surface area contributed by atoms with Gasteiger partial charge in [-0.05, 0) is 46.2 Å². The first-order valence-corrected chi connectivity index (χ1v) is 8.69. The molecule has 134 valence electrons. The number of nitrogens with one attached hydrogen (secondary N) is 1. The van der Waals surface area contributed by atoms with Gasteiger partial charge in [0.2, 0.25) is 0 Å². The van der Waals surface area contributed by atoms with E-state index in [0.29, 0.717) is 5.82 Å². The van der Waals surface area contributed by atoms with E-state index >= 15 is 0 Å². The molecule has 1 saturated heterocycles. The van der Waals surface area contributed by atoms with Crippen LogP contribution in [0.15, 0.2) is 29.2 Å². The van der Waals surface area contributed by atoms with Crippen LogP contribution < -0.4 is 10.5 Å². The van der Waals surface area contributed by atoms with Crippen LogP contribution in [0, 0.1) is 0 Å². The Hall–Kier alpha value is -2.21. The maximum Gasteiger partial charge on any atom is 0.251 e. The lowest BCUT2D eigenvalue weighted by Crippen LogP contribution is -2.57. The number of hydrogen-bond donors (Lipinski definition) is 1. The Kier molecular flexibility index (Phi) is 4.41. The highest BCUT2D eigenvalue weighted by Gasteiger charge is 2.38. The SMILES string of the molecule is CCc1cc(=O)[nH]c(-c2ccc(N3CC(C)(C)OC(C)(C)C3)nc2)n1. The van der Waals surface area contributed by atoms with Crippen molar-refractivity contribution in [2.45, 2.75) is 52.2 Å². The number of pyridine rings is 1. The largest absolute Gasteiger partial charge is 0.366 e. The van der Waals surface area contributed by atoms with E-state index in [4.69, 9.17) is 4.74 Å². The van der Waals surface area contributed by atoms with Crippen molar-refractivity contribution in [3.63, 3.8) is 0 Å². The van der Waals surface area contributed by atoms with Crippen molar-refractivity contribution in [2.75, 3.05) is 18.0 Å². The Morgan fingerprint density at radius 2 is 1.88 bits per heavy atom. The number of aromatic nitrogens is 3. The molecule has 2 aromatic heterocycles. The van der Waals surface area contributed by atoms with E-state index in [1.165, 1.54) is 6.07 Å². The summed E-state index contributed by atoms with van der Waals surface area (Å²) in [5, 5.41) is 0. The molecule has 25 heavy (non-hydrogen) atoms. The highest BCUT2D eigenvalue weighted by Crippen LogP contribution is 2.31. The van der Waals surface area contributed by atoms with Crippen molar-refractivity contribution in [3.8, 4) is 11.4 Å². The van der Waals surface area contributed by atoms with Crippen LogP contribution in [0.25, 0.3) is 11.4 Å². The molecule has 1 fully saturated rings. The molecule has 0 aliphatic carbocycles. The summed E-state index contributed by atoms with van der Waals surface area (Å²) in [6.07, 6.45) is 2.49. The molecule has 0 unspecified atom stereocenters. The Balaban J connectivity index is 1.88. The Labute approximate surface area is 148 Å². The topological polar surface area (TPSA) is 71.1 Å². The molecular weight excluding hydrogens is 316 g/mol. The summed E-state index contributed by atoms with van der Waals surface area (Å²) in [4.78, 5) is 25.9. The van der Waals surface area contributed by atoms with Gasteiger partial charge in [-0.3, -0.25) is 4.79 Å². The average Bonchev–Trinajstić information content (AvgIpc) is 2.51. The van der Waals surface area contributed by atoms with E-state index in [9.17, 15) is 4.79 Å². The van der Waals surface area contributed by atoms with Gasteiger partial charge in [-0.25, -0.2) is 9.97 Å². The van der Waals surface area contributed by atoms with Gasteiger partial charge < -0.3 is 14.6 Å². The van der Waals surface area contributed by atoms with Crippen LogP contribution in [-0.2, 0) is 11.2 Å². The second-order valence-electron chi connectivity index (χ2n) is 7.82. The van der Waals surface area contributed by atoms with Crippen molar-refractivity contribution < 1.29 is 4.74 Å². The Morgan fingerprint density at radius 3 is 2.44 bits per heavy atom. The summed E-state index contributed by atoms with van der Waals surface area (Å²) >= 11 is 0. The van der Waals surface area contributed by atoms with E-state index in [-0.39, 0.29) is 16.8 Å². The molecule has 1 aliphatic rings. The number of H-pyrrole nitrogens is 1. The minimum atomic E-state index is -0.232. The molecule has 0 spiro atoms. The molecule has 3 heterocycles. The molecule has 0 atom stereocenters. The van der Waals surface area contributed by atoms with E-state index in [0.717, 1.165) is 36.6 Å². The first-order valence-electron chi connectivity index (χ1n) is 8.69.